The number of rotatable bonds is 11. The van der Waals surface area contributed by atoms with E-state index in [0.29, 0.717) is 56.4 Å². The Hall–Kier alpha value is -1.78. The van der Waals surface area contributed by atoms with Crippen LogP contribution in [0, 0.1) is 6.92 Å². The number of nitrogens with one attached hydrogen (secondary N) is 2. The van der Waals surface area contributed by atoms with Crippen LogP contribution in [0.25, 0.3) is 0 Å². The topological polar surface area (TPSA) is 77.0 Å². The molecule has 2 rings (SSSR count). The molecule has 1 aromatic carbocycles. The molecule has 0 fully saturated rings. The average Bonchev–Trinajstić information content (AvgIpc) is 2.73. The summed E-state index contributed by atoms with van der Waals surface area (Å²) < 4.78 is 16.8. The fraction of sp³-hybridized carbons (Fsp3) is 0.429. The third-order valence-electron chi connectivity index (χ3n) is 3.94. The Morgan fingerprint density at radius 3 is 2.70 bits per heavy atom. The highest BCUT2D eigenvalue weighted by atomic mass is 127. The molecule has 166 valence electrons. The Morgan fingerprint density at radius 1 is 1.13 bits per heavy atom. The molecule has 0 atom stereocenters. The molecule has 30 heavy (non-hydrogen) atoms. The van der Waals surface area contributed by atoms with Gasteiger partial charge in [-0.05, 0) is 37.6 Å². The van der Waals surface area contributed by atoms with Crippen molar-refractivity contribution in [2.75, 3.05) is 40.0 Å². The lowest BCUT2D eigenvalue weighted by Gasteiger charge is -2.16. The summed E-state index contributed by atoms with van der Waals surface area (Å²) in [6, 6.07) is 9.65. The van der Waals surface area contributed by atoms with E-state index in [9.17, 15) is 0 Å². The van der Waals surface area contributed by atoms with E-state index in [0.717, 1.165) is 16.9 Å². The summed E-state index contributed by atoms with van der Waals surface area (Å²) in [6.07, 6.45) is 1.64. The van der Waals surface area contributed by atoms with Crippen LogP contribution in [0.15, 0.2) is 41.5 Å². The van der Waals surface area contributed by atoms with E-state index >= 15 is 0 Å². The quantitative estimate of drug-likeness (QED) is 0.192. The van der Waals surface area contributed by atoms with Gasteiger partial charge in [-0.1, -0.05) is 23.7 Å². The van der Waals surface area contributed by atoms with Crippen molar-refractivity contribution in [3.63, 3.8) is 0 Å². The Bertz CT molecular complexity index is 793. The van der Waals surface area contributed by atoms with Crippen LogP contribution in [0.2, 0.25) is 5.02 Å². The van der Waals surface area contributed by atoms with Crippen LogP contribution >= 0.6 is 35.6 Å². The number of benzene rings is 1. The molecule has 0 amide bonds. The van der Waals surface area contributed by atoms with Gasteiger partial charge in [0, 0.05) is 32.0 Å². The number of hydrogen-bond donors (Lipinski definition) is 2. The number of halogens is 2. The molecule has 1 heterocycles. The Balaban J connectivity index is 0.00000450. The van der Waals surface area contributed by atoms with Crippen molar-refractivity contribution in [1.29, 1.82) is 0 Å². The minimum atomic E-state index is 0. The van der Waals surface area contributed by atoms with E-state index < -0.39 is 0 Å². The molecule has 0 bridgehead atoms. The lowest BCUT2D eigenvalue weighted by molar-refractivity contribution is 0.110. The molecule has 0 aliphatic rings. The molecule has 0 spiro atoms. The van der Waals surface area contributed by atoms with Gasteiger partial charge in [-0.15, -0.1) is 24.0 Å². The third kappa shape index (κ3) is 9.36. The van der Waals surface area contributed by atoms with Crippen molar-refractivity contribution in [2.24, 2.45) is 4.99 Å². The number of nitrogens with zero attached hydrogens (tertiary/aromatic N) is 2. The van der Waals surface area contributed by atoms with Gasteiger partial charge in [0.25, 0.3) is 0 Å². The van der Waals surface area contributed by atoms with Crippen molar-refractivity contribution in [3.05, 3.63) is 52.7 Å². The fourth-order valence-electron chi connectivity index (χ4n) is 2.49. The standard InChI is InChI=1S/C21H29ClN4O3.HI/c1-4-27-12-13-28-19-14-16(2)7-8-17(19)15-26-21(23-3)25-10-11-29-20-18(22)6-5-9-24-20;/h5-9,14H,4,10-13,15H2,1-3H3,(H2,23,25,26);1H. The Labute approximate surface area is 200 Å². The third-order valence-corrected chi connectivity index (χ3v) is 4.23. The van der Waals surface area contributed by atoms with Gasteiger partial charge in [-0.25, -0.2) is 4.98 Å². The SMILES string of the molecule is CCOCCOc1cc(C)ccc1CNC(=NC)NCCOc1ncccc1Cl.I. The van der Waals surface area contributed by atoms with Crippen molar-refractivity contribution in [2.45, 2.75) is 20.4 Å². The number of pyridine rings is 1. The summed E-state index contributed by atoms with van der Waals surface area (Å²) in [5.41, 5.74) is 2.19. The van der Waals surface area contributed by atoms with Gasteiger partial charge in [0.2, 0.25) is 5.88 Å². The fourth-order valence-corrected chi connectivity index (χ4v) is 2.67. The summed E-state index contributed by atoms with van der Waals surface area (Å²) in [4.78, 5) is 8.33. The van der Waals surface area contributed by atoms with Crippen LogP contribution in [-0.4, -0.2) is 51.0 Å². The van der Waals surface area contributed by atoms with Gasteiger partial charge in [-0.3, -0.25) is 4.99 Å². The highest BCUT2D eigenvalue weighted by Gasteiger charge is 2.07. The summed E-state index contributed by atoms with van der Waals surface area (Å²) in [6.45, 7) is 7.33. The predicted molar refractivity (Wildman–Crippen MR) is 132 cm³/mol. The summed E-state index contributed by atoms with van der Waals surface area (Å²) in [5.74, 6) is 1.94. The normalized spacial score (nSPS) is 10.9. The second-order valence-corrected chi connectivity index (χ2v) is 6.56. The highest BCUT2D eigenvalue weighted by Crippen LogP contribution is 2.20. The van der Waals surface area contributed by atoms with Crippen LogP contribution in [0.4, 0.5) is 0 Å². The van der Waals surface area contributed by atoms with Gasteiger partial charge in [0.05, 0.1) is 13.2 Å². The molecule has 0 radical (unpaired) electrons. The molecule has 0 aliphatic carbocycles. The Kier molecular flexibility index (Phi) is 13.2. The van der Waals surface area contributed by atoms with Gasteiger partial charge in [0.15, 0.2) is 5.96 Å². The first-order valence-corrected chi connectivity index (χ1v) is 9.99. The van der Waals surface area contributed by atoms with Gasteiger partial charge in [-0.2, -0.15) is 0 Å². The zero-order valence-corrected chi connectivity index (χ0v) is 20.7. The molecule has 2 aromatic rings. The van der Waals surface area contributed by atoms with Gasteiger partial charge < -0.3 is 24.8 Å². The maximum Gasteiger partial charge on any atom is 0.232 e. The lowest BCUT2D eigenvalue weighted by atomic mass is 10.1. The van der Waals surface area contributed by atoms with E-state index in [1.54, 1.807) is 25.4 Å². The largest absolute Gasteiger partial charge is 0.491 e. The molecule has 0 saturated heterocycles. The first-order chi connectivity index (χ1) is 14.1. The monoisotopic (exact) mass is 548 g/mol. The minimum Gasteiger partial charge on any atom is -0.491 e. The highest BCUT2D eigenvalue weighted by molar-refractivity contribution is 14.0. The molecule has 1 aromatic heterocycles. The molecular weight excluding hydrogens is 519 g/mol. The summed E-state index contributed by atoms with van der Waals surface area (Å²) >= 11 is 6.03. The zero-order valence-electron chi connectivity index (χ0n) is 17.6. The molecule has 0 saturated carbocycles. The number of guanidine groups is 1. The van der Waals surface area contributed by atoms with Crippen LogP contribution in [-0.2, 0) is 11.3 Å². The molecule has 7 nitrogen and oxygen atoms in total. The molecule has 0 aliphatic heterocycles. The van der Waals surface area contributed by atoms with E-state index in [4.69, 9.17) is 25.8 Å². The number of aromatic nitrogens is 1. The molecule has 9 heteroatoms. The lowest BCUT2D eigenvalue weighted by Crippen LogP contribution is -2.39. The number of hydrogen-bond acceptors (Lipinski definition) is 5. The predicted octanol–water partition coefficient (Wildman–Crippen LogP) is 3.82. The van der Waals surface area contributed by atoms with Crippen LogP contribution in [0.1, 0.15) is 18.1 Å². The van der Waals surface area contributed by atoms with Crippen molar-refractivity contribution in [1.82, 2.24) is 15.6 Å². The van der Waals surface area contributed by atoms with Crippen molar-refractivity contribution < 1.29 is 14.2 Å². The van der Waals surface area contributed by atoms with E-state index in [2.05, 4.69) is 32.7 Å². The smallest absolute Gasteiger partial charge is 0.232 e. The first-order valence-electron chi connectivity index (χ1n) is 9.62. The maximum absolute atomic E-state index is 6.03. The second kappa shape index (κ2) is 15.1. The van der Waals surface area contributed by atoms with Crippen LogP contribution in [0.3, 0.4) is 0 Å². The summed E-state index contributed by atoms with van der Waals surface area (Å²) in [5, 5.41) is 6.98. The van der Waals surface area contributed by atoms with Gasteiger partial charge >= 0.3 is 0 Å². The van der Waals surface area contributed by atoms with Crippen molar-refractivity contribution >= 4 is 41.5 Å². The molecule has 2 N–H and O–H groups in total. The zero-order chi connectivity index (χ0) is 20.9. The number of aryl methyl sites for hydroxylation is 1. The van der Waals surface area contributed by atoms with Crippen LogP contribution < -0.4 is 20.1 Å². The minimum absolute atomic E-state index is 0. The number of aliphatic imine (C=N–C) groups is 1. The first kappa shape index (κ1) is 26.3. The number of ether oxygens (including phenoxy) is 3. The summed E-state index contributed by atoms with van der Waals surface area (Å²) in [7, 11) is 1.72. The van der Waals surface area contributed by atoms with Crippen LogP contribution in [0.5, 0.6) is 11.6 Å². The van der Waals surface area contributed by atoms with E-state index in [1.807, 2.05) is 19.9 Å². The Morgan fingerprint density at radius 2 is 1.97 bits per heavy atom. The maximum atomic E-state index is 6.03. The van der Waals surface area contributed by atoms with E-state index in [-0.39, 0.29) is 24.0 Å². The second-order valence-electron chi connectivity index (χ2n) is 6.15. The molecular formula is C21H30ClIN4O3. The van der Waals surface area contributed by atoms with Crippen molar-refractivity contribution in [3.8, 4) is 11.6 Å². The van der Waals surface area contributed by atoms with E-state index in [1.165, 1.54) is 0 Å². The molecule has 0 unspecified atom stereocenters. The van der Waals surface area contributed by atoms with Gasteiger partial charge in [0.1, 0.15) is 24.0 Å². The average molecular weight is 549 g/mol.